The highest BCUT2D eigenvalue weighted by Gasteiger charge is 2.25. The Morgan fingerprint density at radius 2 is 1.63 bits per heavy atom. The zero-order valence-corrected chi connectivity index (χ0v) is 16.2. The lowest BCUT2D eigenvalue weighted by atomic mass is 10.1. The Balaban J connectivity index is 1.56. The molecule has 0 amide bonds. The largest absolute Gasteiger partial charge is 0.379 e. The standard InChI is InChI=1S/C21H26N2O3S/c24-27(25,23-13-15-26-16-14-23)18-21-11-5-4-10-20(21)17-22-12-6-9-19-7-2-1-3-8-19/h1-11,22H,12-18H2/b9-6+. The molecule has 1 heterocycles. The van der Waals surface area contributed by atoms with Crippen molar-refractivity contribution in [2.45, 2.75) is 12.3 Å². The lowest BCUT2D eigenvalue weighted by Crippen LogP contribution is -2.41. The van der Waals surface area contributed by atoms with Crippen LogP contribution >= 0.6 is 0 Å². The summed E-state index contributed by atoms with van der Waals surface area (Å²) in [5.41, 5.74) is 3.03. The summed E-state index contributed by atoms with van der Waals surface area (Å²) in [6, 6.07) is 17.9. The Labute approximate surface area is 161 Å². The van der Waals surface area contributed by atoms with Crippen LogP contribution in [-0.2, 0) is 27.1 Å². The minimum atomic E-state index is -3.32. The molecule has 1 N–H and O–H groups in total. The van der Waals surface area contributed by atoms with E-state index < -0.39 is 10.0 Å². The molecule has 5 nitrogen and oxygen atoms in total. The number of ether oxygens (including phenoxy) is 1. The van der Waals surface area contributed by atoms with Crippen molar-refractivity contribution in [3.8, 4) is 0 Å². The van der Waals surface area contributed by atoms with Crippen molar-refractivity contribution in [1.82, 2.24) is 9.62 Å². The third-order valence-electron chi connectivity index (χ3n) is 4.51. The van der Waals surface area contributed by atoms with E-state index in [-0.39, 0.29) is 5.75 Å². The summed E-state index contributed by atoms with van der Waals surface area (Å²) in [7, 11) is -3.32. The van der Waals surface area contributed by atoms with Gasteiger partial charge in [-0.05, 0) is 16.7 Å². The molecule has 27 heavy (non-hydrogen) atoms. The van der Waals surface area contributed by atoms with Gasteiger partial charge in [0.1, 0.15) is 0 Å². The van der Waals surface area contributed by atoms with E-state index in [0.717, 1.165) is 23.2 Å². The maximum absolute atomic E-state index is 12.7. The van der Waals surface area contributed by atoms with Crippen LogP contribution in [0.15, 0.2) is 60.7 Å². The second-order valence-corrected chi connectivity index (χ2v) is 8.45. The van der Waals surface area contributed by atoms with Gasteiger partial charge in [0.25, 0.3) is 0 Å². The van der Waals surface area contributed by atoms with Gasteiger partial charge < -0.3 is 10.1 Å². The molecule has 2 aromatic carbocycles. The summed E-state index contributed by atoms with van der Waals surface area (Å²) in [5, 5.41) is 3.36. The molecule has 0 unspecified atom stereocenters. The van der Waals surface area contributed by atoms with Crippen LogP contribution in [0.3, 0.4) is 0 Å². The predicted octanol–water partition coefficient (Wildman–Crippen LogP) is 2.65. The van der Waals surface area contributed by atoms with E-state index in [1.54, 1.807) is 0 Å². The molecule has 0 aliphatic carbocycles. The first-order valence-corrected chi connectivity index (χ1v) is 10.8. The highest BCUT2D eigenvalue weighted by atomic mass is 32.2. The van der Waals surface area contributed by atoms with Crippen molar-refractivity contribution < 1.29 is 13.2 Å². The average molecular weight is 387 g/mol. The minimum absolute atomic E-state index is 0.0324. The van der Waals surface area contributed by atoms with Gasteiger partial charge in [-0.2, -0.15) is 4.31 Å². The van der Waals surface area contributed by atoms with Crippen LogP contribution in [0.25, 0.3) is 6.08 Å². The summed E-state index contributed by atoms with van der Waals surface area (Å²) in [6.45, 7) is 3.17. The second kappa shape index (κ2) is 9.80. The van der Waals surface area contributed by atoms with Gasteiger partial charge in [0.15, 0.2) is 0 Å². The number of hydrogen-bond acceptors (Lipinski definition) is 4. The van der Waals surface area contributed by atoms with Crippen LogP contribution in [0.2, 0.25) is 0 Å². The Bertz CT molecular complexity index is 845. The number of nitrogens with zero attached hydrogens (tertiary/aromatic N) is 1. The van der Waals surface area contributed by atoms with E-state index in [4.69, 9.17) is 4.74 Å². The summed E-state index contributed by atoms with van der Waals surface area (Å²) >= 11 is 0. The quantitative estimate of drug-likeness (QED) is 0.709. The molecule has 1 aliphatic rings. The lowest BCUT2D eigenvalue weighted by molar-refractivity contribution is 0.0729. The van der Waals surface area contributed by atoms with Crippen LogP contribution in [0.5, 0.6) is 0 Å². The topological polar surface area (TPSA) is 58.6 Å². The first-order chi connectivity index (χ1) is 13.1. The van der Waals surface area contributed by atoms with Gasteiger partial charge in [-0.15, -0.1) is 0 Å². The van der Waals surface area contributed by atoms with Crippen molar-refractivity contribution >= 4 is 16.1 Å². The van der Waals surface area contributed by atoms with Crippen LogP contribution in [0.1, 0.15) is 16.7 Å². The molecule has 0 spiro atoms. The molecule has 0 aromatic heterocycles. The van der Waals surface area contributed by atoms with E-state index in [9.17, 15) is 8.42 Å². The zero-order chi connectivity index (χ0) is 19.0. The Morgan fingerprint density at radius 1 is 0.963 bits per heavy atom. The van der Waals surface area contributed by atoms with Crippen LogP contribution < -0.4 is 5.32 Å². The minimum Gasteiger partial charge on any atom is -0.379 e. The number of hydrogen-bond donors (Lipinski definition) is 1. The highest BCUT2D eigenvalue weighted by Crippen LogP contribution is 2.16. The summed E-state index contributed by atoms with van der Waals surface area (Å²) < 4.78 is 32.1. The zero-order valence-electron chi connectivity index (χ0n) is 15.4. The monoisotopic (exact) mass is 386 g/mol. The number of benzene rings is 2. The number of morpholine rings is 1. The Hall–Kier alpha value is -1.99. The Kier molecular flexibility index (Phi) is 7.18. The van der Waals surface area contributed by atoms with Gasteiger partial charge in [0.2, 0.25) is 10.0 Å². The van der Waals surface area contributed by atoms with Crippen molar-refractivity contribution in [3.05, 3.63) is 77.4 Å². The first-order valence-electron chi connectivity index (χ1n) is 9.20. The fourth-order valence-corrected chi connectivity index (χ4v) is 4.60. The molecule has 1 aliphatic heterocycles. The van der Waals surface area contributed by atoms with E-state index in [2.05, 4.69) is 29.6 Å². The smallest absolute Gasteiger partial charge is 0.218 e. The van der Waals surface area contributed by atoms with Crippen molar-refractivity contribution in [1.29, 1.82) is 0 Å². The number of rotatable bonds is 8. The van der Waals surface area contributed by atoms with Crippen molar-refractivity contribution in [2.75, 3.05) is 32.8 Å². The normalized spacial score (nSPS) is 16.0. The summed E-state index contributed by atoms with van der Waals surface area (Å²) in [4.78, 5) is 0. The molecule has 1 saturated heterocycles. The van der Waals surface area contributed by atoms with Gasteiger partial charge in [0, 0.05) is 26.2 Å². The van der Waals surface area contributed by atoms with E-state index in [1.165, 1.54) is 4.31 Å². The van der Waals surface area contributed by atoms with Gasteiger partial charge in [-0.25, -0.2) is 8.42 Å². The number of sulfonamides is 1. The SMILES string of the molecule is O=S(=O)(Cc1ccccc1CNC/C=C/c1ccccc1)N1CCOCC1. The molecule has 0 atom stereocenters. The first kappa shape index (κ1) is 19.8. The highest BCUT2D eigenvalue weighted by molar-refractivity contribution is 7.88. The molecular weight excluding hydrogens is 360 g/mol. The van der Waals surface area contributed by atoms with E-state index in [0.29, 0.717) is 32.8 Å². The lowest BCUT2D eigenvalue weighted by Gasteiger charge is -2.26. The second-order valence-electron chi connectivity index (χ2n) is 6.48. The van der Waals surface area contributed by atoms with Crippen LogP contribution in [-0.4, -0.2) is 45.6 Å². The van der Waals surface area contributed by atoms with Crippen LogP contribution in [0.4, 0.5) is 0 Å². The van der Waals surface area contributed by atoms with Gasteiger partial charge in [-0.3, -0.25) is 0 Å². The fraction of sp³-hybridized carbons (Fsp3) is 0.333. The third kappa shape index (κ3) is 6.01. The molecular formula is C21H26N2O3S. The molecule has 0 radical (unpaired) electrons. The van der Waals surface area contributed by atoms with Gasteiger partial charge in [0.05, 0.1) is 19.0 Å². The van der Waals surface area contributed by atoms with E-state index in [1.807, 2.05) is 42.5 Å². The molecule has 0 bridgehead atoms. The third-order valence-corrected chi connectivity index (χ3v) is 6.33. The van der Waals surface area contributed by atoms with Crippen molar-refractivity contribution in [2.24, 2.45) is 0 Å². The van der Waals surface area contributed by atoms with Gasteiger partial charge >= 0.3 is 0 Å². The molecule has 1 fully saturated rings. The van der Waals surface area contributed by atoms with Crippen molar-refractivity contribution in [3.63, 3.8) is 0 Å². The molecule has 2 aromatic rings. The average Bonchev–Trinajstić information content (AvgIpc) is 2.70. The molecule has 3 rings (SSSR count). The summed E-state index contributed by atoms with van der Waals surface area (Å²) in [5.74, 6) is 0.0324. The fourth-order valence-electron chi connectivity index (χ4n) is 3.03. The Morgan fingerprint density at radius 3 is 2.37 bits per heavy atom. The predicted molar refractivity (Wildman–Crippen MR) is 109 cm³/mol. The maximum atomic E-state index is 12.7. The summed E-state index contributed by atoms with van der Waals surface area (Å²) in [6.07, 6.45) is 4.14. The molecule has 0 saturated carbocycles. The molecule has 6 heteroatoms. The van der Waals surface area contributed by atoms with E-state index >= 15 is 0 Å². The number of nitrogens with one attached hydrogen (secondary N) is 1. The maximum Gasteiger partial charge on any atom is 0.218 e. The van der Waals surface area contributed by atoms with Crippen LogP contribution in [0, 0.1) is 0 Å². The van der Waals surface area contributed by atoms with Gasteiger partial charge in [-0.1, -0.05) is 66.7 Å². The molecule has 144 valence electrons.